The Hall–Kier alpha value is -3.55. The first-order chi connectivity index (χ1) is 12.1. The summed E-state index contributed by atoms with van der Waals surface area (Å²) in [5.41, 5.74) is 8.26. The minimum absolute atomic E-state index is 0.119. The Balaban J connectivity index is 1.84. The van der Waals surface area contributed by atoms with Crippen LogP contribution < -0.4 is 15.8 Å². The van der Waals surface area contributed by atoms with E-state index in [9.17, 15) is 9.18 Å². The molecule has 8 heteroatoms. The average Bonchev–Trinajstić information content (AvgIpc) is 2.64. The van der Waals surface area contributed by atoms with Gasteiger partial charge in [0.25, 0.3) is 5.91 Å². The maximum absolute atomic E-state index is 12.9. The van der Waals surface area contributed by atoms with Gasteiger partial charge in [-0.15, -0.1) is 10.2 Å². The van der Waals surface area contributed by atoms with Gasteiger partial charge in [0.2, 0.25) is 11.8 Å². The zero-order chi connectivity index (χ0) is 17.8. The summed E-state index contributed by atoms with van der Waals surface area (Å²) < 4.78 is 17.9. The molecule has 3 aromatic rings. The number of carbonyl (C=O) groups excluding carboxylic acids is 1. The van der Waals surface area contributed by atoms with Gasteiger partial charge in [-0.2, -0.15) is 4.39 Å². The molecule has 7 nitrogen and oxygen atoms in total. The van der Waals surface area contributed by atoms with Gasteiger partial charge in [-0.25, -0.2) is 4.98 Å². The molecule has 126 valence electrons. The minimum atomic E-state index is -0.564. The molecule has 0 bridgehead atoms. The predicted molar refractivity (Wildman–Crippen MR) is 90.6 cm³/mol. The topological polar surface area (TPSA) is 103 Å². The van der Waals surface area contributed by atoms with Gasteiger partial charge in [0.05, 0.1) is 18.5 Å². The van der Waals surface area contributed by atoms with E-state index in [-0.39, 0.29) is 5.69 Å². The molecule has 0 aliphatic heterocycles. The van der Waals surface area contributed by atoms with Gasteiger partial charge in [0.15, 0.2) is 5.69 Å². The summed E-state index contributed by atoms with van der Waals surface area (Å²) in [5, 5.41) is 10.2. The molecule has 0 fully saturated rings. The quantitative estimate of drug-likeness (QED) is 0.559. The number of hydrogen-bond acceptors (Lipinski definition) is 6. The van der Waals surface area contributed by atoms with Crippen LogP contribution in [0.3, 0.4) is 0 Å². The van der Waals surface area contributed by atoms with Crippen LogP contribution in [0.5, 0.6) is 5.88 Å². The summed E-state index contributed by atoms with van der Waals surface area (Å²) in [6.07, 6.45) is 1.40. The lowest BCUT2D eigenvalue weighted by molar-refractivity contribution is 0.102. The normalized spacial score (nSPS) is 10.3. The van der Waals surface area contributed by atoms with Gasteiger partial charge < -0.3 is 15.8 Å². The molecule has 0 aliphatic carbocycles. The largest absolute Gasteiger partial charge is 0.480 e. The summed E-state index contributed by atoms with van der Waals surface area (Å²) in [5.74, 6) is -0.719. The summed E-state index contributed by atoms with van der Waals surface area (Å²) in [4.78, 5) is 15.9. The highest BCUT2D eigenvalue weighted by atomic mass is 19.1. The van der Waals surface area contributed by atoms with E-state index in [1.165, 1.54) is 31.5 Å². The molecule has 2 heterocycles. The number of halogens is 1. The lowest BCUT2D eigenvalue weighted by Crippen LogP contribution is -2.15. The molecule has 0 saturated heterocycles. The maximum Gasteiger partial charge on any atom is 0.276 e. The number of nitrogen functional groups attached to an aromatic ring is 1. The van der Waals surface area contributed by atoms with Crippen LogP contribution in [0.4, 0.5) is 15.8 Å². The zero-order valence-corrected chi connectivity index (χ0v) is 13.2. The lowest BCUT2D eigenvalue weighted by atomic mass is 10.1. The van der Waals surface area contributed by atoms with Crippen LogP contribution in [0.1, 0.15) is 10.5 Å². The molecule has 0 radical (unpaired) electrons. The van der Waals surface area contributed by atoms with Crippen LogP contribution in [0.25, 0.3) is 11.1 Å². The molecule has 0 saturated carbocycles. The fourth-order valence-corrected chi connectivity index (χ4v) is 2.13. The number of benzene rings is 1. The minimum Gasteiger partial charge on any atom is -0.480 e. The van der Waals surface area contributed by atoms with Gasteiger partial charge in [-0.3, -0.25) is 4.79 Å². The number of nitrogens with two attached hydrogens (primary N) is 1. The van der Waals surface area contributed by atoms with Gasteiger partial charge in [-0.1, -0.05) is 6.07 Å². The first-order valence-electron chi connectivity index (χ1n) is 7.27. The smallest absolute Gasteiger partial charge is 0.276 e. The molecule has 0 aliphatic rings. The summed E-state index contributed by atoms with van der Waals surface area (Å²) in [6, 6.07) is 11.0. The van der Waals surface area contributed by atoms with Gasteiger partial charge >= 0.3 is 0 Å². The van der Waals surface area contributed by atoms with Crippen LogP contribution in [-0.2, 0) is 0 Å². The molecule has 0 spiro atoms. The first kappa shape index (κ1) is 16.3. The molecule has 3 rings (SSSR count). The second kappa shape index (κ2) is 6.91. The predicted octanol–water partition coefficient (Wildman–Crippen LogP) is 2.52. The molecular weight excluding hydrogens is 325 g/mol. The molecular formula is C17H14FN5O2. The Morgan fingerprint density at radius 1 is 1.12 bits per heavy atom. The Labute approximate surface area is 142 Å². The van der Waals surface area contributed by atoms with Crippen molar-refractivity contribution in [2.75, 3.05) is 18.2 Å². The van der Waals surface area contributed by atoms with Crippen LogP contribution in [0.2, 0.25) is 0 Å². The number of rotatable bonds is 4. The van der Waals surface area contributed by atoms with Crippen molar-refractivity contribution < 1.29 is 13.9 Å². The maximum atomic E-state index is 12.9. The molecule has 1 aromatic carbocycles. The van der Waals surface area contributed by atoms with E-state index in [1.807, 2.05) is 0 Å². The fourth-order valence-electron chi connectivity index (χ4n) is 2.13. The lowest BCUT2D eigenvalue weighted by Gasteiger charge is -2.10. The van der Waals surface area contributed by atoms with E-state index in [4.69, 9.17) is 10.5 Å². The summed E-state index contributed by atoms with van der Waals surface area (Å²) >= 11 is 0. The van der Waals surface area contributed by atoms with Crippen LogP contribution in [0, 0.1) is 5.95 Å². The van der Waals surface area contributed by atoms with Gasteiger partial charge in [0, 0.05) is 17.8 Å². The van der Waals surface area contributed by atoms with Gasteiger partial charge in [-0.05, 0) is 35.9 Å². The molecule has 1 amide bonds. The number of amides is 1. The number of ether oxygens (including phenoxy) is 1. The SMILES string of the molecule is COc1ccc(C(=O)Nc2cc(-c3ccc(F)nc3)ccc2N)nn1. The number of nitrogens with one attached hydrogen (secondary N) is 1. The number of anilines is 2. The fraction of sp³-hybridized carbons (Fsp3) is 0.0588. The number of nitrogens with zero attached hydrogens (tertiary/aromatic N) is 3. The van der Waals surface area contributed by atoms with Crippen LogP contribution in [0.15, 0.2) is 48.7 Å². The van der Waals surface area contributed by atoms with Crippen molar-refractivity contribution in [2.24, 2.45) is 0 Å². The van der Waals surface area contributed by atoms with Crippen molar-refractivity contribution in [1.82, 2.24) is 15.2 Å². The second-order valence-electron chi connectivity index (χ2n) is 5.09. The van der Waals surface area contributed by atoms with Gasteiger partial charge in [0.1, 0.15) is 0 Å². The molecule has 3 N–H and O–H groups in total. The van der Waals surface area contributed by atoms with E-state index in [0.717, 1.165) is 5.56 Å². The Morgan fingerprint density at radius 3 is 2.56 bits per heavy atom. The first-order valence-corrected chi connectivity index (χ1v) is 7.27. The van der Waals surface area contributed by atoms with E-state index >= 15 is 0 Å². The number of carbonyl (C=O) groups is 1. The number of hydrogen-bond donors (Lipinski definition) is 2. The van der Waals surface area contributed by atoms with Crippen molar-refractivity contribution >= 4 is 17.3 Å². The van der Waals surface area contributed by atoms with Crippen molar-refractivity contribution in [1.29, 1.82) is 0 Å². The highest BCUT2D eigenvalue weighted by Gasteiger charge is 2.12. The third-order valence-corrected chi connectivity index (χ3v) is 3.44. The van der Waals surface area contributed by atoms with Crippen molar-refractivity contribution in [2.45, 2.75) is 0 Å². The highest BCUT2D eigenvalue weighted by molar-refractivity contribution is 6.04. The third-order valence-electron chi connectivity index (χ3n) is 3.44. The second-order valence-corrected chi connectivity index (χ2v) is 5.09. The monoisotopic (exact) mass is 339 g/mol. The van der Waals surface area contributed by atoms with Crippen LogP contribution in [-0.4, -0.2) is 28.2 Å². The number of aromatic nitrogens is 3. The molecule has 0 unspecified atom stereocenters. The Morgan fingerprint density at radius 2 is 1.92 bits per heavy atom. The third kappa shape index (κ3) is 3.69. The summed E-state index contributed by atoms with van der Waals surface area (Å²) in [7, 11) is 1.46. The Bertz CT molecular complexity index is 898. The summed E-state index contributed by atoms with van der Waals surface area (Å²) in [6.45, 7) is 0. The highest BCUT2D eigenvalue weighted by Crippen LogP contribution is 2.27. The Kier molecular flexibility index (Phi) is 4.51. The van der Waals surface area contributed by atoms with E-state index in [2.05, 4.69) is 20.5 Å². The van der Waals surface area contributed by atoms with E-state index in [1.54, 1.807) is 24.3 Å². The van der Waals surface area contributed by atoms with Crippen molar-refractivity contribution in [3.8, 4) is 17.0 Å². The number of pyridine rings is 1. The van der Waals surface area contributed by atoms with Crippen molar-refractivity contribution in [3.05, 3.63) is 60.3 Å². The molecule has 2 aromatic heterocycles. The standard InChI is InChI=1S/C17H14FN5O2/c1-25-16-7-5-13(22-23-16)17(24)21-14-8-10(2-4-12(14)19)11-3-6-15(18)20-9-11/h2-9H,19H2,1H3,(H,21,24). The van der Waals surface area contributed by atoms with Crippen LogP contribution >= 0.6 is 0 Å². The zero-order valence-electron chi connectivity index (χ0n) is 13.2. The van der Waals surface area contributed by atoms with Crippen molar-refractivity contribution in [3.63, 3.8) is 0 Å². The van der Waals surface area contributed by atoms with E-state index in [0.29, 0.717) is 22.8 Å². The average molecular weight is 339 g/mol. The molecule has 0 atom stereocenters. The van der Waals surface area contributed by atoms with E-state index < -0.39 is 11.9 Å². The molecule has 25 heavy (non-hydrogen) atoms. The number of methoxy groups -OCH3 is 1.